The Bertz CT molecular complexity index is 313. The summed E-state index contributed by atoms with van der Waals surface area (Å²) in [4.78, 5) is 4.10. The highest BCUT2D eigenvalue weighted by Crippen LogP contribution is 2.26. The van der Waals surface area contributed by atoms with E-state index in [2.05, 4.69) is 10.1 Å². The lowest BCUT2D eigenvalue weighted by Gasteiger charge is -2.15. The molecule has 3 unspecified atom stereocenters. The lowest BCUT2D eigenvalue weighted by molar-refractivity contribution is 0.0380. The first kappa shape index (κ1) is 9.61. The van der Waals surface area contributed by atoms with Crippen molar-refractivity contribution in [2.45, 2.75) is 44.9 Å². The van der Waals surface area contributed by atoms with Crippen LogP contribution in [0.1, 0.15) is 37.5 Å². The highest BCUT2D eigenvalue weighted by Gasteiger charge is 2.30. The molecular formula is C9H15N3O2. The molecule has 0 aliphatic carbocycles. The number of nitrogens with two attached hydrogens (primary N) is 1. The van der Waals surface area contributed by atoms with Crippen LogP contribution in [-0.4, -0.2) is 22.3 Å². The van der Waals surface area contributed by atoms with E-state index in [4.69, 9.17) is 15.0 Å². The fourth-order valence-corrected chi connectivity index (χ4v) is 1.71. The summed E-state index contributed by atoms with van der Waals surface area (Å²) in [5, 5.41) is 3.79. The third-order valence-corrected chi connectivity index (χ3v) is 2.51. The van der Waals surface area contributed by atoms with E-state index in [1.54, 1.807) is 6.92 Å². The van der Waals surface area contributed by atoms with Gasteiger partial charge in [0.1, 0.15) is 0 Å². The topological polar surface area (TPSA) is 74.2 Å². The van der Waals surface area contributed by atoms with Crippen molar-refractivity contribution >= 4 is 0 Å². The van der Waals surface area contributed by atoms with Crippen LogP contribution >= 0.6 is 0 Å². The van der Waals surface area contributed by atoms with Gasteiger partial charge in [0.15, 0.2) is 5.82 Å². The van der Waals surface area contributed by atoms with E-state index in [1.807, 2.05) is 6.92 Å². The number of hydrogen-bond donors (Lipinski definition) is 1. The highest BCUT2D eigenvalue weighted by atomic mass is 16.5. The summed E-state index contributed by atoms with van der Waals surface area (Å²) in [5.74, 6) is 1.09. The van der Waals surface area contributed by atoms with Gasteiger partial charge in [0.25, 0.3) is 0 Å². The molecule has 1 fully saturated rings. The molecule has 0 amide bonds. The Morgan fingerprint density at radius 1 is 1.50 bits per heavy atom. The van der Waals surface area contributed by atoms with Crippen molar-refractivity contribution < 1.29 is 9.26 Å². The molecule has 5 heteroatoms. The van der Waals surface area contributed by atoms with Crippen molar-refractivity contribution in [2.24, 2.45) is 5.73 Å². The van der Waals surface area contributed by atoms with E-state index < -0.39 is 0 Å². The molecule has 5 nitrogen and oxygen atoms in total. The third kappa shape index (κ3) is 1.78. The van der Waals surface area contributed by atoms with Gasteiger partial charge in [-0.05, 0) is 19.8 Å². The largest absolute Gasteiger partial charge is 0.373 e. The Balaban J connectivity index is 2.05. The minimum Gasteiger partial charge on any atom is -0.373 e. The number of hydrogen-bond acceptors (Lipinski definition) is 5. The van der Waals surface area contributed by atoms with Gasteiger partial charge in [0.05, 0.1) is 18.2 Å². The van der Waals surface area contributed by atoms with Crippen LogP contribution in [0.5, 0.6) is 0 Å². The summed E-state index contributed by atoms with van der Waals surface area (Å²) in [6, 6.07) is -0.266. The zero-order valence-electron chi connectivity index (χ0n) is 8.43. The fourth-order valence-electron chi connectivity index (χ4n) is 1.71. The monoisotopic (exact) mass is 197 g/mol. The van der Waals surface area contributed by atoms with Crippen LogP contribution in [-0.2, 0) is 4.74 Å². The van der Waals surface area contributed by atoms with E-state index >= 15 is 0 Å². The smallest absolute Gasteiger partial charge is 0.223 e. The second kappa shape index (κ2) is 3.67. The van der Waals surface area contributed by atoms with E-state index in [9.17, 15) is 0 Å². The summed E-state index contributed by atoms with van der Waals surface area (Å²) < 4.78 is 10.5. The third-order valence-electron chi connectivity index (χ3n) is 2.51. The maximum absolute atomic E-state index is 5.97. The Kier molecular flexibility index (Phi) is 2.52. The maximum atomic E-state index is 5.97. The van der Waals surface area contributed by atoms with Gasteiger partial charge in [-0.3, -0.25) is 0 Å². The molecule has 0 bridgehead atoms. The van der Waals surface area contributed by atoms with Gasteiger partial charge in [-0.25, -0.2) is 0 Å². The fraction of sp³-hybridized carbons (Fsp3) is 0.778. The zero-order valence-corrected chi connectivity index (χ0v) is 8.43. The van der Waals surface area contributed by atoms with Gasteiger partial charge in [0.2, 0.25) is 5.89 Å². The maximum Gasteiger partial charge on any atom is 0.223 e. The first-order valence-electron chi connectivity index (χ1n) is 4.88. The van der Waals surface area contributed by atoms with Crippen molar-refractivity contribution in [1.29, 1.82) is 0 Å². The predicted molar refractivity (Wildman–Crippen MR) is 49.5 cm³/mol. The molecule has 1 aliphatic rings. The van der Waals surface area contributed by atoms with Crippen molar-refractivity contribution in [3.63, 3.8) is 0 Å². The predicted octanol–water partition coefficient (Wildman–Crippen LogP) is 0.945. The molecule has 3 atom stereocenters. The quantitative estimate of drug-likeness (QED) is 0.763. The molecule has 0 radical (unpaired) electrons. The van der Waals surface area contributed by atoms with Crippen LogP contribution in [0.2, 0.25) is 0 Å². The SMILES string of the molecule is Cc1nc(C(N)C2CCC(C)O2)no1. The van der Waals surface area contributed by atoms with Crippen molar-refractivity contribution in [1.82, 2.24) is 10.1 Å². The molecule has 1 aromatic rings. The number of aromatic nitrogens is 2. The average Bonchev–Trinajstić information content (AvgIpc) is 2.73. The van der Waals surface area contributed by atoms with Crippen LogP contribution in [0.3, 0.4) is 0 Å². The molecule has 2 rings (SSSR count). The van der Waals surface area contributed by atoms with Gasteiger partial charge in [-0.1, -0.05) is 5.16 Å². The number of rotatable bonds is 2. The van der Waals surface area contributed by atoms with E-state index in [0.29, 0.717) is 17.8 Å². The van der Waals surface area contributed by atoms with Gasteiger partial charge in [-0.15, -0.1) is 0 Å². The molecule has 2 N–H and O–H groups in total. The molecule has 14 heavy (non-hydrogen) atoms. The standard InChI is InChI=1S/C9H15N3O2/c1-5-3-4-7(13-5)8(10)9-11-6(2)14-12-9/h5,7-8H,3-4,10H2,1-2H3. The second-order valence-electron chi connectivity index (χ2n) is 3.76. The summed E-state index contributed by atoms with van der Waals surface area (Å²) in [6.07, 6.45) is 2.34. The van der Waals surface area contributed by atoms with Crippen LogP contribution in [0.25, 0.3) is 0 Å². The van der Waals surface area contributed by atoms with Crippen molar-refractivity contribution in [3.8, 4) is 0 Å². The molecule has 1 aliphatic heterocycles. The minimum absolute atomic E-state index is 0.0296. The summed E-state index contributed by atoms with van der Waals surface area (Å²) in [6.45, 7) is 3.80. The van der Waals surface area contributed by atoms with Crippen LogP contribution in [0, 0.1) is 6.92 Å². The Hall–Kier alpha value is -0.940. The van der Waals surface area contributed by atoms with E-state index in [-0.39, 0.29) is 12.1 Å². The normalized spacial score (nSPS) is 29.4. The Morgan fingerprint density at radius 3 is 2.79 bits per heavy atom. The summed E-state index contributed by atoms with van der Waals surface area (Å²) in [7, 11) is 0. The van der Waals surface area contributed by atoms with E-state index in [0.717, 1.165) is 12.8 Å². The van der Waals surface area contributed by atoms with Crippen molar-refractivity contribution in [2.75, 3.05) is 0 Å². The number of ether oxygens (including phenoxy) is 1. The Morgan fingerprint density at radius 2 is 2.29 bits per heavy atom. The van der Waals surface area contributed by atoms with Gasteiger partial charge in [0, 0.05) is 6.92 Å². The molecule has 1 aromatic heterocycles. The molecule has 0 saturated carbocycles. The molecular weight excluding hydrogens is 182 g/mol. The van der Waals surface area contributed by atoms with Crippen LogP contribution in [0.4, 0.5) is 0 Å². The van der Waals surface area contributed by atoms with Gasteiger partial charge in [-0.2, -0.15) is 4.98 Å². The second-order valence-corrected chi connectivity index (χ2v) is 3.76. The zero-order chi connectivity index (χ0) is 10.1. The molecule has 78 valence electrons. The van der Waals surface area contributed by atoms with Gasteiger partial charge >= 0.3 is 0 Å². The lowest BCUT2D eigenvalue weighted by Crippen LogP contribution is -2.27. The average molecular weight is 197 g/mol. The van der Waals surface area contributed by atoms with Gasteiger partial charge < -0.3 is 15.0 Å². The lowest BCUT2D eigenvalue weighted by atomic mass is 10.1. The number of nitrogens with zero attached hydrogens (tertiary/aromatic N) is 2. The first-order chi connectivity index (χ1) is 6.66. The molecule has 2 heterocycles. The minimum atomic E-state index is -0.266. The number of aryl methyl sites for hydroxylation is 1. The van der Waals surface area contributed by atoms with Crippen molar-refractivity contribution in [3.05, 3.63) is 11.7 Å². The van der Waals surface area contributed by atoms with E-state index in [1.165, 1.54) is 0 Å². The molecule has 0 spiro atoms. The Labute approximate surface area is 82.6 Å². The summed E-state index contributed by atoms with van der Waals surface area (Å²) >= 11 is 0. The summed E-state index contributed by atoms with van der Waals surface area (Å²) in [5.41, 5.74) is 5.97. The van der Waals surface area contributed by atoms with Crippen LogP contribution < -0.4 is 5.73 Å². The highest BCUT2D eigenvalue weighted by molar-refractivity contribution is 4.97. The molecule has 1 saturated heterocycles. The first-order valence-corrected chi connectivity index (χ1v) is 4.88. The van der Waals surface area contributed by atoms with Crippen LogP contribution in [0.15, 0.2) is 4.52 Å². The molecule has 0 aromatic carbocycles.